The number of hydrogen-bond acceptors (Lipinski definition) is 4. The van der Waals surface area contributed by atoms with Crippen LogP contribution in [0.25, 0.3) is 0 Å². The van der Waals surface area contributed by atoms with Crippen LogP contribution >= 0.6 is 0 Å². The van der Waals surface area contributed by atoms with Gasteiger partial charge in [-0.3, -0.25) is 14.7 Å². The van der Waals surface area contributed by atoms with E-state index in [0.717, 1.165) is 45.3 Å². The van der Waals surface area contributed by atoms with E-state index in [1.54, 1.807) is 0 Å². The number of carbonyl (C=O) groups is 1. The van der Waals surface area contributed by atoms with Crippen LogP contribution in [0.4, 0.5) is 0 Å². The number of nitrogens with one attached hydrogen (secondary N) is 1. The Labute approximate surface area is 138 Å². The average Bonchev–Trinajstić information content (AvgIpc) is 2.95. The van der Waals surface area contributed by atoms with E-state index in [1.807, 2.05) is 12.4 Å². The molecule has 1 aromatic rings. The van der Waals surface area contributed by atoms with Gasteiger partial charge in [0.25, 0.3) is 0 Å². The number of amides is 1. The molecule has 23 heavy (non-hydrogen) atoms. The van der Waals surface area contributed by atoms with Crippen molar-refractivity contribution in [2.75, 3.05) is 13.1 Å². The third-order valence-corrected chi connectivity index (χ3v) is 5.27. The monoisotopic (exact) mass is 316 g/mol. The van der Waals surface area contributed by atoms with Crippen LogP contribution in [0.2, 0.25) is 0 Å². The first kappa shape index (κ1) is 16.4. The molecular weight excluding hydrogens is 288 g/mol. The Morgan fingerprint density at radius 1 is 1.22 bits per heavy atom. The van der Waals surface area contributed by atoms with Crippen molar-refractivity contribution >= 4 is 5.91 Å². The highest BCUT2D eigenvalue weighted by molar-refractivity contribution is 5.76. The maximum atomic E-state index is 12.2. The van der Waals surface area contributed by atoms with Crippen molar-refractivity contribution in [1.29, 1.82) is 0 Å². The molecule has 0 aromatic carbocycles. The summed E-state index contributed by atoms with van der Waals surface area (Å²) >= 11 is 0. The van der Waals surface area contributed by atoms with Crippen molar-refractivity contribution in [3.8, 4) is 0 Å². The van der Waals surface area contributed by atoms with Gasteiger partial charge in [0.15, 0.2) is 0 Å². The van der Waals surface area contributed by atoms with E-state index >= 15 is 0 Å². The van der Waals surface area contributed by atoms with Crippen molar-refractivity contribution in [1.82, 2.24) is 15.2 Å². The number of aromatic nitrogens is 1. The zero-order chi connectivity index (χ0) is 16.1. The van der Waals surface area contributed by atoms with E-state index in [1.165, 1.54) is 12.0 Å². The Balaban J connectivity index is 1.38. The smallest absolute Gasteiger partial charge is 0.220 e. The molecule has 5 heteroatoms. The predicted molar refractivity (Wildman–Crippen MR) is 90.6 cm³/mol. The summed E-state index contributed by atoms with van der Waals surface area (Å²) in [6, 6.07) is 4.69. The van der Waals surface area contributed by atoms with Crippen molar-refractivity contribution in [3.05, 3.63) is 30.1 Å². The largest absolute Gasteiger partial charge is 0.353 e. The topological polar surface area (TPSA) is 71.2 Å². The van der Waals surface area contributed by atoms with Crippen LogP contribution in [0.5, 0.6) is 0 Å². The van der Waals surface area contributed by atoms with Crippen LogP contribution in [0.1, 0.15) is 44.1 Å². The first-order chi connectivity index (χ1) is 11.2. The van der Waals surface area contributed by atoms with Gasteiger partial charge in [-0.2, -0.15) is 0 Å². The van der Waals surface area contributed by atoms with Crippen LogP contribution in [0.15, 0.2) is 24.5 Å². The highest BCUT2D eigenvalue weighted by atomic mass is 16.1. The van der Waals surface area contributed by atoms with Crippen LogP contribution in [0.3, 0.4) is 0 Å². The van der Waals surface area contributed by atoms with Crippen LogP contribution in [0, 0.1) is 5.92 Å². The summed E-state index contributed by atoms with van der Waals surface area (Å²) in [6.07, 6.45) is 9.72. The molecule has 5 nitrogen and oxygen atoms in total. The van der Waals surface area contributed by atoms with Gasteiger partial charge in [-0.25, -0.2) is 0 Å². The minimum Gasteiger partial charge on any atom is -0.353 e. The molecule has 0 radical (unpaired) electrons. The Kier molecular flexibility index (Phi) is 5.62. The Morgan fingerprint density at radius 3 is 2.61 bits per heavy atom. The lowest BCUT2D eigenvalue weighted by molar-refractivity contribution is -0.123. The maximum absolute atomic E-state index is 12.2. The molecule has 126 valence electrons. The number of piperidine rings is 1. The number of rotatable bonds is 5. The SMILES string of the molecule is N[C@@H]1CCC[C@H]1CC(=O)NC1CCN(Cc2ccncc2)CC1. The van der Waals surface area contributed by atoms with Gasteiger partial charge in [0.1, 0.15) is 0 Å². The lowest BCUT2D eigenvalue weighted by atomic mass is 9.98. The van der Waals surface area contributed by atoms with Crippen molar-refractivity contribution in [2.24, 2.45) is 11.7 Å². The minimum atomic E-state index is 0.194. The summed E-state index contributed by atoms with van der Waals surface area (Å²) in [6.45, 7) is 3.05. The second-order valence-corrected chi connectivity index (χ2v) is 7.03. The lowest BCUT2D eigenvalue weighted by Gasteiger charge is -2.32. The molecule has 3 rings (SSSR count). The van der Waals surface area contributed by atoms with E-state index in [2.05, 4.69) is 27.3 Å². The van der Waals surface area contributed by atoms with Crippen LogP contribution in [-0.2, 0) is 11.3 Å². The van der Waals surface area contributed by atoms with E-state index in [4.69, 9.17) is 5.73 Å². The second-order valence-electron chi connectivity index (χ2n) is 7.03. The summed E-state index contributed by atoms with van der Waals surface area (Å²) in [4.78, 5) is 18.7. The maximum Gasteiger partial charge on any atom is 0.220 e. The van der Waals surface area contributed by atoms with Crippen LogP contribution in [-0.4, -0.2) is 41.0 Å². The molecule has 0 spiro atoms. The van der Waals surface area contributed by atoms with Gasteiger partial charge < -0.3 is 11.1 Å². The number of nitrogens with zero attached hydrogens (tertiary/aromatic N) is 2. The van der Waals surface area contributed by atoms with Gasteiger partial charge in [0.2, 0.25) is 5.91 Å². The zero-order valence-electron chi connectivity index (χ0n) is 13.8. The molecule has 1 saturated carbocycles. The number of carbonyl (C=O) groups excluding carboxylic acids is 1. The van der Waals surface area contributed by atoms with E-state index < -0.39 is 0 Å². The van der Waals surface area contributed by atoms with E-state index in [-0.39, 0.29) is 11.9 Å². The van der Waals surface area contributed by atoms with Crippen LogP contribution < -0.4 is 11.1 Å². The number of nitrogens with two attached hydrogens (primary N) is 1. The molecule has 0 bridgehead atoms. The Morgan fingerprint density at radius 2 is 1.96 bits per heavy atom. The first-order valence-corrected chi connectivity index (χ1v) is 8.87. The second kappa shape index (κ2) is 7.88. The summed E-state index contributed by atoms with van der Waals surface area (Å²) in [5.74, 6) is 0.585. The summed E-state index contributed by atoms with van der Waals surface area (Å²) < 4.78 is 0. The minimum absolute atomic E-state index is 0.194. The molecule has 2 heterocycles. The Hall–Kier alpha value is -1.46. The molecule has 1 amide bonds. The molecule has 1 saturated heterocycles. The molecule has 3 N–H and O–H groups in total. The van der Waals surface area contributed by atoms with E-state index in [0.29, 0.717) is 18.4 Å². The third-order valence-electron chi connectivity index (χ3n) is 5.27. The molecule has 2 aliphatic rings. The Bertz CT molecular complexity index is 499. The molecule has 2 atom stereocenters. The fourth-order valence-electron chi connectivity index (χ4n) is 3.83. The highest BCUT2D eigenvalue weighted by Gasteiger charge is 2.27. The van der Waals surface area contributed by atoms with Gasteiger partial charge in [0.05, 0.1) is 0 Å². The molecule has 0 unspecified atom stereocenters. The molecule has 1 aromatic heterocycles. The van der Waals surface area contributed by atoms with Crippen molar-refractivity contribution < 1.29 is 4.79 Å². The zero-order valence-corrected chi connectivity index (χ0v) is 13.8. The van der Waals surface area contributed by atoms with Crippen molar-refractivity contribution in [2.45, 2.75) is 57.2 Å². The lowest BCUT2D eigenvalue weighted by Crippen LogP contribution is -2.45. The molecule has 1 aliphatic carbocycles. The molecular formula is C18H28N4O. The van der Waals surface area contributed by atoms with Crippen molar-refractivity contribution in [3.63, 3.8) is 0 Å². The fraction of sp³-hybridized carbons (Fsp3) is 0.667. The van der Waals surface area contributed by atoms with Gasteiger partial charge in [-0.05, 0) is 49.3 Å². The highest BCUT2D eigenvalue weighted by Crippen LogP contribution is 2.26. The predicted octanol–water partition coefficient (Wildman–Crippen LogP) is 1.68. The number of hydrogen-bond donors (Lipinski definition) is 2. The van der Waals surface area contributed by atoms with Gasteiger partial charge in [-0.1, -0.05) is 6.42 Å². The molecule has 2 fully saturated rings. The molecule has 1 aliphatic heterocycles. The van der Waals surface area contributed by atoms with Gasteiger partial charge in [0, 0.05) is 50.5 Å². The quantitative estimate of drug-likeness (QED) is 0.867. The van der Waals surface area contributed by atoms with E-state index in [9.17, 15) is 4.79 Å². The average molecular weight is 316 g/mol. The first-order valence-electron chi connectivity index (χ1n) is 8.87. The summed E-state index contributed by atoms with van der Waals surface area (Å²) in [5, 5.41) is 3.22. The fourth-order valence-corrected chi connectivity index (χ4v) is 3.83. The standard InChI is InChI=1S/C18H28N4O/c19-17-3-1-2-15(17)12-18(23)21-16-6-10-22(11-7-16)13-14-4-8-20-9-5-14/h4-5,8-9,15-17H,1-3,6-7,10-13,19H2,(H,21,23)/t15-,17+/m0/s1. The summed E-state index contributed by atoms with van der Waals surface area (Å²) in [5.41, 5.74) is 7.36. The summed E-state index contributed by atoms with van der Waals surface area (Å²) in [7, 11) is 0. The number of likely N-dealkylation sites (tertiary alicyclic amines) is 1. The van der Waals surface area contributed by atoms with Gasteiger partial charge in [-0.15, -0.1) is 0 Å². The third kappa shape index (κ3) is 4.75. The normalized spacial score (nSPS) is 26.3. The van der Waals surface area contributed by atoms with Gasteiger partial charge >= 0.3 is 0 Å². The number of pyridine rings is 1.